The molecule has 2 heteroatoms. The molecular weight excluding hydrogens is 143 g/mol. The molecule has 0 aliphatic carbocycles. The van der Waals surface area contributed by atoms with Crippen LogP contribution in [0.1, 0.15) is 27.7 Å². The Morgan fingerprint density at radius 2 is 1.64 bits per heavy atom. The van der Waals surface area contributed by atoms with Crippen LogP contribution in [0.3, 0.4) is 0 Å². The molecule has 1 aliphatic heterocycles. The third kappa shape index (κ3) is 1.92. The van der Waals surface area contributed by atoms with Gasteiger partial charge in [-0.15, -0.1) is 0 Å². The zero-order valence-corrected chi connectivity index (χ0v) is 7.67. The first-order chi connectivity index (χ1) is 5.04. The summed E-state index contributed by atoms with van der Waals surface area (Å²) in [5.74, 6) is 0.542. The van der Waals surface area contributed by atoms with Gasteiger partial charge in [0.25, 0.3) is 0 Å². The highest BCUT2D eigenvalue weighted by molar-refractivity contribution is 4.93. The first-order valence-electron chi connectivity index (χ1n) is 4.33. The smallest absolute Gasteiger partial charge is 0.131 e. The van der Waals surface area contributed by atoms with E-state index in [0.717, 1.165) is 0 Å². The Morgan fingerprint density at radius 1 is 1.09 bits per heavy atom. The van der Waals surface area contributed by atoms with E-state index in [2.05, 4.69) is 13.8 Å². The molecule has 1 rings (SSSR count). The summed E-state index contributed by atoms with van der Waals surface area (Å²) in [6.07, 6.45) is -0.718. The van der Waals surface area contributed by atoms with Gasteiger partial charge >= 0.3 is 0 Å². The second-order valence-electron chi connectivity index (χ2n) is 4.00. The van der Waals surface area contributed by atoms with E-state index in [9.17, 15) is 4.39 Å². The van der Waals surface area contributed by atoms with E-state index in [1.165, 1.54) is 0 Å². The highest BCUT2D eigenvalue weighted by Crippen LogP contribution is 2.35. The molecule has 1 saturated heterocycles. The molecule has 1 aliphatic rings. The van der Waals surface area contributed by atoms with E-state index in [1.807, 2.05) is 13.8 Å². The highest BCUT2D eigenvalue weighted by Gasteiger charge is 2.47. The molecule has 11 heavy (non-hydrogen) atoms. The lowest BCUT2D eigenvalue weighted by Gasteiger charge is -2.08. The lowest BCUT2D eigenvalue weighted by atomic mass is 9.99. The fourth-order valence-corrected chi connectivity index (χ4v) is 1.31. The monoisotopic (exact) mass is 160 g/mol. The summed E-state index contributed by atoms with van der Waals surface area (Å²) in [5, 5.41) is 0. The number of halogens is 1. The van der Waals surface area contributed by atoms with E-state index in [-0.39, 0.29) is 18.1 Å². The van der Waals surface area contributed by atoms with Gasteiger partial charge in [0.15, 0.2) is 0 Å². The summed E-state index contributed by atoms with van der Waals surface area (Å²) in [4.78, 5) is 0. The maximum Gasteiger partial charge on any atom is 0.131 e. The summed E-state index contributed by atoms with van der Waals surface area (Å²) >= 11 is 0. The van der Waals surface area contributed by atoms with E-state index in [4.69, 9.17) is 4.74 Å². The second kappa shape index (κ2) is 3.10. The number of alkyl halides is 1. The zero-order chi connectivity index (χ0) is 8.59. The van der Waals surface area contributed by atoms with Gasteiger partial charge in [-0.3, -0.25) is 0 Å². The second-order valence-corrected chi connectivity index (χ2v) is 4.00. The minimum Gasteiger partial charge on any atom is -0.366 e. The quantitative estimate of drug-likeness (QED) is 0.577. The van der Waals surface area contributed by atoms with Gasteiger partial charge in [-0.25, -0.2) is 4.39 Å². The van der Waals surface area contributed by atoms with Gasteiger partial charge in [0.1, 0.15) is 12.3 Å². The van der Waals surface area contributed by atoms with Crippen molar-refractivity contribution < 1.29 is 9.13 Å². The molecule has 66 valence electrons. The summed E-state index contributed by atoms with van der Waals surface area (Å²) < 4.78 is 18.4. The summed E-state index contributed by atoms with van der Waals surface area (Å²) in [7, 11) is 0. The molecule has 0 aromatic heterocycles. The summed E-state index contributed by atoms with van der Waals surface area (Å²) in [6, 6.07) is 0. The fraction of sp³-hybridized carbons (Fsp3) is 1.00. The summed E-state index contributed by atoms with van der Waals surface area (Å²) in [5.41, 5.74) is 0. The van der Waals surface area contributed by atoms with Crippen LogP contribution in [0, 0.1) is 11.8 Å². The topological polar surface area (TPSA) is 12.5 Å². The number of epoxide rings is 1. The van der Waals surface area contributed by atoms with Crippen LogP contribution in [-0.4, -0.2) is 18.4 Å². The SMILES string of the molecule is CC(C)[C@@H](F)[C@@H]1O[C@H]1C(C)C. The highest BCUT2D eigenvalue weighted by atomic mass is 19.1. The first kappa shape index (κ1) is 8.98. The van der Waals surface area contributed by atoms with Crippen molar-refractivity contribution in [1.82, 2.24) is 0 Å². The zero-order valence-electron chi connectivity index (χ0n) is 7.67. The Kier molecular flexibility index (Phi) is 2.53. The van der Waals surface area contributed by atoms with Crippen molar-refractivity contribution in [2.45, 2.75) is 46.1 Å². The standard InChI is InChI=1S/C9H17FO/c1-5(2)7(10)9-8(11-9)6(3)4/h5-9H,1-4H3/t7-,8+,9+/m1/s1. The van der Waals surface area contributed by atoms with Crippen LogP contribution in [0.5, 0.6) is 0 Å². The molecule has 1 heterocycles. The number of rotatable bonds is 3. The maximum absolute atomic E-state index is 13.2. The molecule has 1 nitrogen and oxygen atoms in total. The molecule has 3 atom stereocenters. The Balaban J connectivity index is 2.31. The van der Waals surface area contributed by atoms with Gasteiger partial charge in [-0.2, -0.15) is 0 Å². The third-order valence-electron chi connectivity index (χ3n) is 2.17. The Hall–Kier alpha value is -0.110. The van der Waals surface area contributed by atoms with E-state index in [1.54, 1.807) is 0 Å². The van der Waals surface area contributed by atoms with Crippen molar-refractivity contribution in [3.8, 4) is 0 Å². The van der Waals surface area contributed by atoms with Crippen molar-refractivity contribution in [1.29, 1.82) is 0 Å². The predicted molar refractivity (Wildman–Crippen MR) is 43.2 cm³/mol. The molecule has 0 aromatic rings. The van der Waals surface area contributed by atoms with Crippen LogP contribution in [0.4, 0.5) is 4.39 Å². The Labute approximate surface area is 67.9 Å². The van der Waals surface area contributed by atoms with Crippen molar-refractivity contribution in [3.63, 3.8) is 0 Å². The molecule has 0 bridgehead atoms. The Bertz CT molecular complexity index is 134. The van der Waals surface area contributed by atoms with Crippen LogP contribution in [-0.2, 0) is 4.74 Å². The third-order valence-corrected chi connectivity index (χ3v) is 2.17. The van der Waals surface area contributed by atoms with E-state index >= 15 is 0 Å². The van der Waals surface area contributed by atoms with Gasteiger partial charge in [0.05, 0.1) is 6.10 Å². The molecule has 1 fully saturated rings. The van der Waals surface area contributed by atoms with Crippen LogP contribution >= 0.6 is 0 Å². The van der Waals surface area contributed by atoms with Crippen LogP contribution in [0.25, 0.3) is 0 Å². The minimum absolute atomic E-state index is 0.0868. The summed E-state index contributed by atoms with van der Waals surface area (Å²) in [6.45, 7) is 7.92. The maximum atomic E-state index is 13.2. The minimum atomic E-state index is -0.776. The average Bonchev–Trinajstić information content (AvgIpc) is 2.63. The molecule has 0 amide bonds. The first-order valence-corrected chi connectivity index (χ1v) is 4.33. The molecule has 0 unspecified atom stereocenters. The number of hydrogen-bond donors (Lipinski definition) is 0. The van der Waals surface area contributed by atoms with Gasteiger partial charge in [-0.1, -0.05) is 27.7 Å². The number of ether oxygens (including phenoxy) is 1. The molecule has 0 spiro atoms. The molecule has 0 saturated carbocycles. The predicted octanol–water partition coefficient (Wildman–Crippen LogP) is 2.40. The molecular formula is C9H17FO. The van der Waals surface area contributed by atoms with Crippen LogP contribution in [0.2, 0.25) is 0 Å². The molecule has 0 radical (unpaired) electrons. The van der Waals surface area contributed by atoms with Gasteiger partial charge in [-0.05, 0) is 11.8 Å². The van der Waals surface area contributed by atoms with Crippen LogP contribution in [0.15, 0.2) is 0 Å². The van der Waals surface area contributed by atoms with Gasteiger partial charge in [0.2, 0.25) is 0 Å². The average molecular weight is 160 g/mol. The van der Waals surface area contributed by atoms with Crippen molar-refractivity contribution in [3.05, 3.63) is 0 Å². The largest absolute Gasteiger partial charge is 0.366 e. The van der Waals surface area contributed by atoms with E-state index < -0.39 is 6.17 Å². The van der Waals surface area contributed by atoms with Crippen LogP contribution < -0.4 is 0 Å². The number of hydrogen-bond acceptors (Lipinski definition) is 1. The van der Waals surface area contributed by atoms with Crippen molar-refractivity contribution >= 4 is 0 Å². The van der Waals surface area contributed by atoms with Gasteiger partial charge < -0.3 is 4.74 Å². The lowest BCUT2D eigenvalue weighted by molar-refractivity contribution is 0.194. The van der Waals surface area contributed by atoms with E-state index in [0.29, 0.717) is 5.92 Å². The van der Waals surface area contributed by atoms with Crippen molar-refractivity contribution in [2.24, 2.45) is 11.8 Å². The van der Waals surface area contributed by atoms with Gasteiger partial charge in [0, 0.05) is 0 Å². The molecule has 0 aromatic carbocycles. The Morgan fingerprint density at radius 3 is 1.91 bits per heavy atom. The van der Waals surface area contributed by atoms with Crippen molar-refractivity contribution in [2.75, 3.05) is 0 Å². The lowest BCUT2D eigenvalue weighted by Crippen LogP contribution is -2.19. The fourth-order valence-electron chi connectivity index (χ4n) is 1.31. The molecule has 0 N–H and O–H groups in total. The normalized spacial score (nSPS) is 33.0.